The van der Waals surface area contributed by atoms with Crippen LogP contribution in [-0.4, -0.2) is 159 Å². The van der Waals surface area contributed by atoms with Crippen molar-refractivity contribution in [2.24, 2.45) is 30.7 Å². The van der Waals surface area contributed by atoms with Crippen LogP contribution in [0.25, 0.3) is 32.3 Å². The van der Waals surface area contributed by atoms with Gasteiger partial charge in [0.2, 0.25) is 29.0 Å². The quantitative estimate of drug-likeness (QED) is 0.00753. The molecule has 0 spiro atoms. The zero-order chi connectivity index (χ0) is 95.8. The number of aryl methyl sites for hydroxylation is 1. The number of hydrogen-bond donors (Lipinski definition) is 11. The van der Waals surface area contributed by atoms with E-state index >= 15 is 0 Å². The molecule has 0 saturated carbocycles. The fourth-order valence-electron chi connectivity index (χ4n) is 12.5. The molecule has 0 atom stereocenters. The zero-order valence-corrected chi connectivity index (χ0v) is 96.4. The number of fused-ring (bicyclic) bond motifs is 3. The number of unbranched alkanes of at least 4 members (excludes halogenated alkanes) is 9. The molecule has 0 aliphatic heterocycles. The molecular formula is C78H77ClN13Na7O30S8+4. The maximum Gasteiger partial charge on any atom is 1.00 e. The van der Waals surface area contributed by atoms with Gasteiger partial charge in [-0.05, 0) is 174 Å². The number of anilines is 6. The van der Waals surface area contributed by atoms with Crippen LogP contribution in [-0.2, 0) is 112 Å². The smallest absolute Gasteiger partial charge is 0.744 e. The van der Waals surface area contributed by atoms with Crippen LogP contribution in [0.1, 0.15) is 103 Å². The van der Waals surface area contributed by atoms with Crippen LogP contribution in [0.3, 0.4) is 0 Å². The molecule has 137 heavy (non-hydrogen) atoms. The third kappa shape index (κ3) is 38.5. The van der Waals surface area contributed by atoms with E-state index in [1.807, 2.05) is 12.1 Å². The van der Waals surface area contributed by atoms with Gasteiger partial charge in [0.05, 0.1) is 71.0 Å². The number of Topliss-reactive ketones (excluding diaryl/α,β-unsaturated/α-hetero) is 1. The first kappa shape index (κ1) is 128. The Hall–Kier alpha value is -5.03. The van der Waals surface area contributed by atoms with Gasteiger partial charge in [-0.25, -0.2) is 37.9 Å². The van der Waals surface area contributed by atoms with Gasteiger partial charge < -0.3 is 50.2 Å². The molecule has 692 valence electrons. The molecule has 10 aromatic carbocycles. The van der Waals surface area contributed by atoms with Crippen molar-refractivity contribution >= 4 is 211 Å². The Morgan fingerprint density at radius 1 is 0.401 bits per heavy atom. The Bertz CT molecular complexity index is 7320. The van der Waals surface area contributed by atoms with E-state index in [0.29, 0.717) is 11.3 Å². The molecule has 1 heterocycles. The predicted octanol–water partition coefficient (Wildman–Crippen LogP) is -6.21. The van der Waals surface area contributed by atoms with Gasteiger partial charge in [-0.1, -0.05) is 107 Å². The minimum Gasteiger partial charge on any atom is -0.744 e. The Kier molecular flexibility index (Phi) is 52.2. The van der Waals surface area contributed by atoms with E-state index < -0.39 is 180 Å². The largest absolute Gasteiger partial charge is 1.00 e. The summed E-state index contributed by atoms with van der Waals surface area (Å²) in [6.07, 6.45) is 13.6. The summed E-state index contributed by atoms with van der Waals surface area (Å²) in [5.41, 5.74) is -0.254. The fraction of sp³-hybridized carbons (Fsp3) is 0.231. The van der Waals surface area contributed by atoms with Gasteiger partial charge in [0.1, 0.15) is 63.0 Å². The normalized spacial score (nSPS) is 11.8. The monoisotopic (exact) mass is 2130 g/mol. The van der Waals surface area contributed by atoms with Gasteiger partial charge in [-0.15, -0.1) is 15.3 Å². The number of benzene rings is 10. The van der Waals surface area contributed by atoms with Crippen LogP contribution in [0.5, 0.6) is 17.2 Å². The third-order valence-electron chi connectivity index (χ3n) is 18.3. The van der Waals surface area contributed by atoms with Crippen LogP contribution in [0.2, 0.25) is 5.28 Å². The third-order valence-corrected chi connectivity index (χ3v) is 25.7. The van der Waals surface area contributed by atoms with Gasteiger partial charge in [0.25, 0.3) is 30.4 Å². The summed E-state index contributed by atoms with van der Waals surface area (Å²) in [4.78, 5) is 41.1. The molecule has 59 heteroatoms. The first-order valence-corrected chi connectivity index (χ1v) is 49.9. The number of carbonyl (C=O) groups is 3. The van der Waals surface area contributed by atoms with Crippen LogP contribution in [0.4, 0.5) is 68.8 Å². The second-order valence-electron chi connectivity index (χ2n) is 28.2. The molecule has 2 amide bonds. The molecule has 0 aliphatic rings. The Morgan fingerprint density at radius 3 is 1.16 bits per heavy atom. The molecule has 0 saturated heterocycles. The first-order chi connectivity index (χ1) is 60.7. The van der Waals surface area contributed by atoms with Gasteiger partial charge >= 0.3 is 217 Å². The van der Waals surface area contributed by atoms with E-state index in [0.717, 1.165) is 105 Å². The Morgan fingerprint density at radius 2 is 0.774 bits per heavy atom. The fourth-order valence-corrected chi connectivity index (χ4v) is 17.7. The molecule has 0 aliphatic carbocycles. The molecule has 0 bridgehead atoms. The molecule has 1 aromatic heterocycles. The summed E-state index contributed by atoms with van der Waals surface area (Å²) >= 11 is 6.09. The molecule has 11 rings (SSSR count). The molecule has 11 aromatic rings. The standard InChI is InChI=1S/C30H39N3O8S2.C27H22ClN7O13S4.C21H19N3O9S2.7Na/c1-3-4-5-6-7-8-9-10-11-12-13-22-14-16-24(17-15-22)32-33-29-27(43(39,40)41)19-23-18-25(42(36,37)38)20-26(31-21(2)34)28(23)30(29)35;28-25-31-26(29-16-6-8-18(9-7-16)49(37,38)11-10-48-52(45,46)47)33-27(32-25)30-20-14-19(50(39,40)41)12-15-13-21(51(42,43)44)23(24(36)22(15)20)35-34-17-4-2-1-3-5-17;1-11(25)7-13-3-5-15(6-4-13)23-24-20-18(35(31,32)33)9-14-8-16(34(28,29)30)10-17(22-12(2)26)19(14)21(20)27;;;;;;;/h14-20,35H,3-13H2,1-2H3,(H,31,34)(H,36,37,38)(H,39,40,41);1-9,12-14,36H,10-11H2,(H,39,40,41)(H,42,43,44)(H,45,46,47)(H2,29,30,31,32,33);3-6,8-10,27H,7H2,1-2H3,(H,22,26)(H,28,29,30)(H,31,32,33);;;;;;;/q;;;7*+1/p-3. The molecule has 43 nitrogen and oxygen atoms in total. The number of carbonyl (C=O) groups excluding carboxylic acids is 3. The SMILES string of the molecule is CC(=O)Cc1ccc(N=Nc2c(S(=O)(=O)O)cc3cc(S(=O)(=O)[O-])cc(NC(C)=O)c3c2O)cc1.CCCCCCCCCCCCc1ccc(N=Nc2c(S(=O)(=O)O)cc3cc(S(=O)(=O)[O-])cc(NC(C)=O)c3c2O)cc1.O=S(=O)(O)OCCS(=O)(=O)c1ccc(Nc2nc(Cl)nc(Nc3cc(S(=O)(=O)O)cc4cc(S(=O)(=O)[O-])c(N=Nc5ccccc5)c(O)c34)n2)cc1.[Na+].[Na+].[Na+].[Na+].[Na+].[Na+].[Na+]. The maximum absolute atomic E-state index is 12.5. The molecular weight excluding hydrogens is 2050 g/mol. The van der Waals surface area contributed by atoms with Crippen LogP contribution in [0.15, 0.2) is 223 Å². The second-order valence-corrected chi connectivity index (χ2v) is 40.1. The maximum atomic E-state index is 12.5. The minimum absolute atomic E-state index is 0. The van der Waals surface area contributed by atoms with Crippen molar-refractivity contribution in [3.8, 4) is 17.2 Å². The van der Waals surface area contributed by atoms with E-state index in [1.54, 1.807) is 42.5 Å². The summed E-state index contributed by atoms with van der Waals surface area (Å²) in [5, 5.41) is 64.2. The number of nitrogens with zero attached hydrogens (tertiary/aromatic N) is 9. The average molecular weight is 2130 g/mol. The summed E-state index contributed by atoms with van der Waals surface area (Å²) in [6, 6.07) is 33.3. The topological polar surface area (TPSA) is 705 Å². The second kappa shape index (κ2) is 55.9. The summed E-state index contributed by atoms with van der Waals surface area (Å²) in [7, 11) is -39.3. The van der Waals surface area contributed by atoms with Crippen molar-refractivity contribution in [1.82, 2.24) is 15.0 Å². The van der Waals surface area contributed by atoms with E-state index in [2.05, 4.69) is 78.0 Å². The van der Waals surface area contributed by atoms with Crippen molar-refractivity contribution in [3.63, 3.8) is 0 Å². The number of aromatic hydroxyl groups is 3. The van der Waals surface area contributed by atoms with E-state index in [-0.39, 0.29) is 296 Å². The number of halogens is 1. The first-order valence-electron chi connectivity index (χ1n) is 37.9. The van der Waals surface area contributed by atoms with Crippen molar-refractivity contribution in [2.75, 3.05) is 33.6 Å². The van der Waals surface area contributed by atoms with Crippen LogP contribution in [0, 0.1) is 0 Å². The van der Waals surface area contributed by atoms with E-state index in [4.69, 9.17) is 16.2 Å². The molecule has 0 radical (unpaired) electrons. The predicted molar refractivity (Wildman–Crippen MR) is 468 cm³/mol. The van der Waals surface area contributed by atoms with Crippen molar-refractivity contribution < 1.29 is 340 Å². The number of azo groups is 3. The van der Waals surface area contributed by atoms with Crippen LogP contribution < -0.4 is 228 Å². The van der Waals surface area contributed by atoms with Gasteiger partial charge in [0.15, 0.2) is 27.1 Å². The van der Waals surface area contributed by atoms with Gasteiger partial charge in [0, 0.05) is 42.1 Å². The number of aromatic nitrogens is 3. The number of amides is 2. The van der Waals surface area contributed by atoms with Crippen molar-refractivity contribution in [2.45, 2.75) is 139 Å². The summed E-state index contributed by atoms with van der Waals surface area (Å²) in [5.74, 6) is -5.41. The number of sulfone groups is 1. The van der Waals surface area contributed by atoms with Gasteiger partial charge in [-0.2, -0.15) is 64.0 Å². The summed E-state index contributed by atoms with van der Waals surface area (Å²) in [6.45, 7) is 5.02. The van der Waals surface area contributed by atoms with Crippen LogP contribution >= 0.6 is 11.6 Å². The number of hydrogen-bond acceptors (Lipinski definition) is 37. The molecule has 0 unspecified atom stereocenters. The van der Waals surface area contributed by atoms with Crippen molar-refractivity contribution in [3.05, 3.63) is 174 Å². The molecule has 11 N–H and O–H groups in total. The number of nitrogens with one attached hydrogen (secondary N) is 4. The Balaban J connectivity index is 0.000000690. The Labute approximate surface area is 947 Å². The zero-order valence-electron chi connectivity index (χ0n) is 75.1. The van der Waals surface area contributed by atoms with E-state index in [9.17, 15) is 124 Å². The number of ketones is 1. The summed E-state index contributed by atoms with van der Waals surface area (Å²) < 4.78 is 267. The average Bonchev–Trinajstić information content (AvgIpc) is 0.752. The number of rotatable bonds is 36. The van der Waals surface area contributed by atoms with Crippen molar-refractivity contribution in [1.29, 1.82) is 0 Å². The number of phenolic OH excluding ortho intramolecular Hbond substituents is 3. The minimum atomic E-state index is -5.36. The number of phenols is 3. The van der Waals surface area contributed by atoms with E-state index in [1.165, 1.54) is 94.7 Å². The van der Waals surface area contributed by atoms with Gasteiger partial charge in [-0.3, -0.25) is 32.6 Å². The molecule has 0 fully saturated rings.